The van der Waals surface area contributed by atoms with Gasteiger partial charge in [-0.1, -0.05) is 37.3 Å². The molecule has 0 atom stereocenters. The zero-order valence-electron chi connectivity index (χ0n) is 19.9. The maximum absolute atomic E-state index is 12.5. The number of nitrogens with zero attached hydrogens (tertiary/aromatic N) is 4. The lowest BCUT2D eigenvalue weighted by molar-refractivity contribution is 0.0688. The molecule has 4 aromatic rings. The van der Waals surface area contributed by atoms with E-state index < -0.39 is 5.97 Å². The van der Waals surface area contributed by atoms with E-state index in [4.69, 9.17) is 9.72 Å². The Balaban J connectivity index is 1.95. The Morgan fingerprint density at radius 1 is 1.12 bits per heavy atom. The van der Waals surface area contributed by atoms with Crippen molar-refractivity contribution in [2.75, 3.05) is 7.11 Å². The molecule has 0 aliphatic rings. The molecule has 0 unspecified atom stereocenters. The van der Waals surface area contributed by atoms with E-state index in [0.29, 0.717) is 27.4 Å². The Kier molecular flexibility index (Phi) is 6.77. The van der Waals surface area contributed by atoms with Crippen LogP contribution in [0, 0.1) is 20.8 Å². The summed E-state index contributed by atoms with van der Waals surface area (Å²) in [5.41, 5.74) is 5.33. The van der Waals surface area contributed by atoms with Gasteiger partial charge in [-0.15, -0.1) is 11.8 Å². The summed E-state index contributed by atoms with van der Waals surface area (Å²) >= 11 is 3.11. The molecule has 1 N–H and O–H groups in total. The average molecular weight is 495 g/mol. The van der Waals surface area contributed by atoms with Gasteiger partial charge in [0.2, 0.25) is 5.13 Å². The standard InChI is InChI=1S/C25H26N4O3S2/c1-13(2)33-24-21(18-9-7-8-10-19(18)32-6)27-25(34-24)29-22(23(30)31)20(16(5)28-29)17-11-14(3)26-15(4)12-17/h7-13H,1-6H3,(H,30,31). The second-order valence-electron chi connectivity index (χ2n) is 8.16. The van der Waals surface area contributed by atoms with Crippen molar-refractivity contribution in [3.05, 3.63) is 59.2 Å². The highest BCUT2D eigenvalue weighted by molar-refractivity contribution is 8.01. The third-order valence-electron chi connectivity index (χ3n) is 5.10. The summed E-state index contributed by atoms with van der Waals surface area (Å²) in [5, 5.41) is 15.7. The van der Waals surface area contributed by atoms with Gasteiger partial charge >= 0.3 is 5.97 Å². The lowest BCUT2D eigenvalue weighted by atomic mass is 10.0. The molecule has 0 saturated carbocycles. The van der Waals surface area contributed by atoms with Crippen molar-refractivity contribution >= 4 is 29.1 Å². The highest BCUT2D eigenvalue weighted by Crippen LogP contribution is 2.43. The Labute approximate surface area is 206 Å². The van der Waals surface area contributed by atoms with Gasteiger partial charge < -0.3 is 9.84 Å². The molecule has 7 nitrogen and oxygen atoms in total. The number of pyridine rings is 1. The molecule has 0 bridgehead atoms. The molecule has 0 spiro atoms. The molecule has 0 saturated heterocycles. The first-order chi connectivity index (χ1) is 16.2. The monoisotopic (exact) mass is 494 g/mol. The second kappa shape index (κ2) is 9.60. The van der Waals surface area contributed by atoms with Crippen LogP contribution in [-0.2, 0) is 0 Å². The number of carbonyl (C=O) groups is 1. The second-order valence-corrected chi connectivity index (χ2v) is 11.0. The van der Waals surface area contributed by atoms with Crippen molar-refractivity contribution in [1.29, 1.82) is 0 Å². The van der Waals surface area contributed by atoms with Crippen LogP contribution in [0.4, 0.5) is 0 Å². The predicted octanol–water partition coefficient (Wildman–Crippen LogP) is 6.19. The van der Waals surface area contributed by atoms with Gasteiger partial charge in [-0.05, 0) is 50.6 Å². The minimum atomic E-state index is -1.06. The molecule has 9 heteroatoms. The first kappa shape index (κ1) is 24.0. The van der Waals surface area contributed by atoms with Crippen LogP contribution in [0.5, 0.6) is 5.75 Å². The number of methoxy groups -OCH3 is 1. The summed E-state index contributed by atoms with van der Waals surface area (Å²) in [6, 6.07) is 11.5. The van der Waals surface area contributed by atoms with Gasteiger partial charge in [0.1, 0.15) is 11.4 Å². The van der Waals surface area contributed by atoms with Crippen LogP contribution in [-0.4, -0.2) is 43.2 Å². The minimum absolute atomic E-state index is 0.0870. The molecule has 176 valence electrons. The number of carboxylic acids is 1. The van der Waals surface area contributed by atoms with Gasteiger partial charge in [-0.3, -0.25) is 4.98 Å². The number of aromatic carboxylic acids is 1. The van der Waals surface area contributed by atoms with Crippen LogP contribution in [0.15, 0.2) is 40.6 Å². The molecule has 0 radical (unpaired) electrons. The van der Waals surface area contributed by atoms with Crippen molar-refractivity contribution < 1.29 is 14.6 Å². The Bertz CT molecular complexity index is 1350. The number of hydrogen-bond acceptors (Lipinski definition) is 7. The number of aryl methyl sites for hydroxylation is 3. The molecular weight excluding hydrogens is 468 g/mol. The number of thioether (sulfide) groups is 1. The summed E-state index contributed by atoms with van der Waals surface area (Å²) in [5.74, 6) is -0.349. The fourth-order valence-corrected chi connectivity index (χ4v) is 6.34. The van der Waals surface area contributed by atoms with Gasteiger partial charge in [0, 0.05) is 27.8 Å². The Morgan fingerprint density at radius 3 is 2.41 bits per heavy atom. The van der Waals surface area contributed by atoms with Crippen LogP contribution in [0.25, 0.3) is 27.5 Å². The molecule has 3 heterocycles. The van der Waals surface area contributed by atoms with Crippen LogP contribution < -0.4 is 4.74 Å². The smallest absolute Gasteiger partial charge is 0.355 e. The fourth-order valence-electron chi connectivity index (χ4n) is 3.88. The first-order valence-corrected chi connectivity index (χ1v) is 12.5. The van der Waals surface area contributed by atoms with Crippen molar-refractivity contribution in [2.24, 2.45) is 0 Å². The highest BCUT2D eigenvalue weighted by atomic mass is 32.2. The molecule has 0 fully saturated rings. The quantitative estimate of drug-likeness (QED) is 0.306. The fraction of sp³-hybridized carbons (Fsp3) is 0.280. The maximum atomic E-state index is 12.5. The van der Waals surface area contributed by atoms with Crippen molar-refractivity contribution in [3.8, 4) is 33.3 Å². The van der Waals surface area contributed by atoms with Crippen LogP contribution in [0.1, 0.15) is 41.4 Å². The number of ether oxygens (including phenoxy) is 1. The Morgan fingerprint density at radius 2 is 1.79 bits per heavy atom. The lowest BCUT2D eigenvalue weighted by Crippen LogP contribution is -2.09. The number of para-hydroxylation sites is 1. The van der Waals surface area contributed by atoms with E-state index in [-0.39, 0.29) is 5.69 Å². The van der Waals surface area contributed by atoms with E-state index in [9.17, 15) is 9.90 Å². The van der Waals surface area contributed by atoms with Crippen molar-refractivity contribution in [2.45, 2.75) is 44.1 Å². The van der Waals surface area contributed by atoms with E-state index in [0.717, 1.165) is 32.4 Å². The molecule has 4 rings (SSSR count). The summed E-state index contributed by atoms with van der Waals surface area (Å²) in [6.45, 7) is 9.84. The van der Waals surface area contributed by atoms with Crippen LogP contribution in [0.3, 0.4) is 0 Å². The lowest BCUT2D eigenvalue weighted by Gasteiger charge is -2.08. The number of hydrogen-bond donors (Lipinski definition) is 1. The minimum Gasteiger partial charge on any atom is -0.496 e. The summed E-state index contributed by atoms with van der Waals surface area (Å²) in [6.07, 6.45) is 0. The molecule has 3 aromatic heterocycles. The number of benzene rings is 1. The number of rotatable bonds is 7. The molecule has 0 aliphatic heterocycles. The zero-order chi connectivity index (χ0) is 24.6. The highest BCUT2D eigenvalue weighted by Gasteiger charge is 2.27. The molecule has 1 aromatic carbocycles. The van der Waals surface area contributed by atoms with Crippen molar-refractivity contribution in [3.63, 3.8) is 0 Å². The van der Waals surface area contributed by atoms with Crippen LogP contribution in [0.2, 0.25) is 0 Å². The number of carboxylic acid groups (broad SMARTS) is 1. The summed E-state index contributed by atoms with van der Waals surface area (Å²) < 4.78 is 8.01. The molecular formula is C25H26N4O3S2. The maximum Gasteiger partial charge on any atom is 0.355 e. The van der Waals surface area contributed by atoms with Gasteiger partial charge in [0.15, 0.2) is 5.69 Å². The number of thiazole rings is 1. The van der Waals surface area contributed by atoms with E-state index in [1.807, 2.05) is 57.2 Å². The average Bonchev–Trinajstić information content (AvgIpc) is 3.33. The van der Waals surface area contributed by atoms with Gasteiger partial charge in [-0.25, -0.2) is 9.78 Å². The third kappa shape index (κ3) is 4.58. The van der Waals surface area contributed by atoms with Crippen LogP contribution >= 0.6 is 23.1 Å². The SMILES string of the molecule is COc1ccccc1-c1nc(-n2nc(C)c(-c3cc(C)nc(C)c3)c2C(=O)O)sc1SC(C)C. The normalized spacial score (nSPS) is 11.3. The summed E-state index contributed by atoms with van der Waals surface area (Å²) in [4.78, 5) is 21.8. The molecule has 34 heavy (non-hydrogen) atoms. The predicted molar refractivity (Wildman–Crippen MR) is 137 cm³/mol. The molecule has 0 aliphatic carbocycles. The third-order valence-corrected chi connectivity index (χ3v) is 7.35. The van der Waals surface area contributed by atoms with E-state index in [1.54, 1.807) is 18.9 Å². The first-order valence-electron chi connectivity index (χ1n) is 10.8. The van der Waals surface area contributed by atoms with E-state index >= 15 is 0 Å². The zero-order valence-corrected chi connectivity index (χ0v) is 21.5. The van der Waals surface area contributed by atoms with Crippen molar-refractivity contribution in [1.82, 2.24) is 19.7 Å². The van der Waals surface area contributed by atoms with Gasteiger partial charge in [-0.2, -0.15) is 9.78 Å². The number of aromatic nitrogens is 4. The largest absolute Gasteiger partial charge is 0.496 e. The molecule has 0 amide bonds. The Hall–Kier alpha value is -3.17. The van der Waals surface area contributed by atoms with Gasteiger partial charge in [0.25, 0.3) is 0 Å². The topological polar surface area (TPSA) is 90.1 Å². The summed E-state index contributed by atoms with van der Waals surface area (Å²) in [7, 11) is 1.63. The van der Waals surface area contributed by atoms with E-state index in [2.05, 4.69) is 23.9 Å². The van der Waals surface area contributed by atoms with E-state index in [1.165, 1.54) is 16.0 Å². The van der Waals surface area contributed by atoms with Gasteiger partial charge in [0.05, 0.1) is 17.0 Å².